The van der Waals surface area contributed by atoms with Crippen molar-refractivity contribution in [2.24, 2.45) is 0 Å². The minimum atomic E-state index is -0.490. The lowest BCUT2D eigenvalue weighted by molar-refractivity contribution is -0.143. The van der Waals surface area contributed by atoms with Crippen molar-refractivity contribution in [2.75, 3.05) is 13.2 Å². The zero-order chi connectivity index (χ0) is 16.5. The summed E-state index contributed by atoms with van der Waals surface area (Å²) in [5.41, 5.74) is 1.29. The van der Waals surface area contributed by atoms with Gasteiger partial charge in [0.25, 0.3) is 5.91 Å². The highest BCUT2D eigenvalue weighted by molar-refractivity contribution is 5.98. The molecule has 0 aliphatic rings. The zero-order valence-corrected chi connectivity index (χ0v) is 13.0. The molecule has 1 N–H and O–H groups in total. The Morgan fingerprint density at radius 3 is 2.43 bits per heavy atom. The Morgan fingerprint density at radius 2 is 1.70 bits per heavy atom. The van der Waals surface area contributed by atoms with Crippen LogP contribution < -0.4 is 10.1 Å². The van der Waals surface area contributed by atoms with Crippen molar-refractivity contribution in [3.05, 3.63) is 65.7 Å². The zero-order valence-electron chi connectivity index (χ0n) is 13.0. The number of esters is 1. The van der Waals surface area contributed by atoms with Crippen molar-refractivity contribution in [3.8, 4) is 5.75 Å². The van der Waals surface area contributed by atoms with E-state index in [1.165, 1.54) is 0 Å². The minimum Gasteiger partial charge on any atom is -0.493 e. The Morgan fingerprint density at radius 1 is 1.00 bits per heavy atom. The SMILES string of the molecule is CCOc1ccccc1C(=O)NCC(=O)OCc1ccccc1. The number of ether oxygens (including phenoxy) is 2. The van der Waals surface area contributed by atoms with Gasteiger partial charge in [-0.25, -0.2) is 0 Å². The van der Waals surface area contributed by atoms with Gasteiger partial charge in [0.2, 0.25) is 0 Å². The molecule has 2 rings (SSSR count). The van der Waals surface area contributed by atoms with Crippen LogP contribution in [0, 0.1) is 0 Å². The molecule has 0 radical (unpaired) electrons. The van der Waals surface area contributed by atoms with Gasteiger partial charge >= 0.3 is 5.97 Å². The number of amides is 1. The van der Waals surface area contributed by atoms with Crippen LogP contribution in [0.4, 0.5) is 0 Å². The van der Waals surface area contributed by atoms with E-state index >= 15 is 0 Å². The average molecular weight is 313 g/mol. The summed E-state index contributed by atoms with van der Waals surface area (Å²) in [5, 5.41) is 2.54. The molecule has 0 aliphatic heterocycles. The smallest absolute Gasteiger partial charge is 0.325 e. The van der Waals surface area contributed by atoms with Gasteiger partial charge in [-0.1, -0.05) is 42.5 Å². The Bertz CT molecular complexity index is 655. The van der Waals surface area contributed by atoms with Crippen molar-refractivity contribution in [1.82, 2.24) is 5.32 Å². The van der Waals surface area contributed by atoms with Crippen molar-refractivity contribution in [1.29, 1.82) is 0 Å². The highest BCUT2D eigenvalue weighted by Gasteiger charge is 2.13. The van der Waals surface area contributed by atoms with Gasteiger partial charge in [0, 0.05) is 0 Å². The molecule has 0 aromatic heterocycles. The summed E-state index contributed by atoms with van der Waals surface area (Å²) in [6.45, 7) is 2.30. The van der Waals surface area contributed by atoms with E-state index in [1.807, 2.05) is 37.3 Å². The molecule has 0 bridgehead atoms. The molecule has 23 heavy (non-hydrogen) atoms. The van der Waals surface area contributed by atoms with Crippen LogP contribution in [0.15, 0.2) is 54.6 Å². The van der Waals surface area contributed by atoms with E-state index in [2.05, 4.69) is 5.32 Å². The van der Waals surface area contributed by atoms with Crippen molar-refractivity contribution in [2.45, 2.75) is 13.5 Å². The van der Waals surface area contributed by atoms with Gasteiger partial charge in [0.15, 0.2) is 0 Å². The number of benzene rings is 2. The molecule has 0 aliphatic carbocycles. The van der Waals surface area contributed by atoms with Crippen molar-refractivity contribution in [3.63, 3.8) is 0 Å². The Kier molecular flexibility index (Phi) is 6.17. The minimum absolute atomic E-state index is 0.186. The molecule has 2 aromatic rings. The van der Waals surface area contributed by atoms with Crippen LogP contribution in [0.5, 0.6) is 5.75 Å². The van der Waals surface area contributed by atoms with Crippen LogP contribution in [0.3, 0.4) is 0 Å². The van der Waals surface area contributed by atoms with E-state index in [4.69, 9.17) is 9.47 Å². The van der Waals surface area contributed by atoms with E-state index < -0.39 is 5.97 Å². The normalized spacial score (nSPS) is 9.96. The molecule has 0 unspecified atom stereocenters. The van der Waals surface area contributed by atoms with Gasteiger partial charge in [-0.3, -0.25) is 9.59 Å². The fraction of sp³-hybridized carbons (Fsp3) is 0.222. The van der Waals surface area contributed by atoms with E-state index in [1.54, 1.807) is 24.3 Å². The van der Waals surface area contributed by atoms with Gasteiger partial charge in [0.05, 0.1) is 12.2 Å². The lowest BCUT2D eigenvalue weighted by Gasteiger charge is -2.10. The predicted octanol–water partition coefficient (Wildman–Crippen LogP) is 2.56. The molecule has 0 saturated heterocycles. The first kappa shape index (κ1) is 16.5. The summed E-state index contributed by atoms with van der Waals surface area (Å²) in [5.74, 6) is -0.369. The Hall–Kier alpha value is -2.82. The first-order valence-electron chi connectivity index (χ1n) is 7.40. The number of carbonyl (C=O) groups is 2. The topological polar surface area (TPSA) is 64.6 Å². The lowest BCUT2D eigenvalue weighted by atomic mass is 10.2. The van der Waals surface area contributed by atoms with E-state index in [9.17, 15) is 9.59 Å². The third-order valence-corrected chi connectivity index (χ3v) is 3.07. The number of hydrogen-bond donors (Lipinski definition) is 1. The monoisotopic (exact) mass is 313 g/mol. The lowest BCUT2D eigenvalue weighted by Crippen LogP contribution is -2.30. The second kappa shape index (κ2) is 8.58. The number of carbonyl (C=O) groups excluding carboxylic acids is 2. The van der Waals surface area contributed by atoms with Gasteiger partial charge in [-0.15, -0.1) is 0 Å². The van der Waals surface area contributed by atoms with Crippen LogP contribution in [-0.2, 0) is 16.1 Å². The molecular weight excluding hydrogens is 294 g/mol. The Balaban J connectivity index is 1.83. The summed E-state index contributed by atoms with van der Waals surface area (Å²) in [6, 6.07) is 16.3. The highest BCUT2D eigenvalue weighted by atomic mass is 16.5. The summed E-state index contributed by atoms with van der Waals surface area (Å²) < 4.78 is 10.5. The highest BCUT2D eigenvalue weighted by Crippen LogP contribution is 2.17. The van der Waals surface area contributed by atoms with Gasteiger partial charge in [0.1, 0.15) is 18.9 Å². The standard InChI is InChI=1S/C18H19NO4/c1-2-22-16-11-7-6-10-15(16)18(21)19-12-17(20)23-13-14-8-4-3-5-9-14/h3-11H,2,12-13H2,1H3,(H,19,21). The molecule has 0 spiro atoms. The maximum Gasteiger partial charge on any atom is 0.325 e. The van der Waals surface area contributed by atoms with E-state index in [0.29, 0.717) is 17.9 Å². The number of para-hydroxylation sites is 1. The fourth-order valence-corrected chi connectivity index (χ4v) is 1.97. The van der Waals surface area contributed by atoms with Crippen LogP contribution in [0.2, 0.25) is 0 Å². The third kappa shape index (κ3) is 5.14. The van der Waals surface area contributed by atoms with Crippen LogP contribution in [0.1, 0.15) is 22.8 Å². The van der Waals surface area contributed by atoms with Crippen LogP contribution in [0.25, 0.3) is 0 Å². The second-order valence-corrected chi connectivity index (χ2v) is 4.76. The van der Waals surface area contributed by atoms with E-state index in [-0.39, 0.29) is 19.1 Å². The quantitative estimate of drug-likeness (QED) is 0.798. The summed E-state index contributed by atoms with van der Waals surface area (Å²) in [4.78, 5) is 23.8. The number of nitrogens with one attached hydrogen (secondary N) is 1. The van der Waals surface area contributed by atoms with Crippen LogP contribution >= 0.6 is 0 Å². The predicted molar refractivity (Wildman–Crippen MR) is 86.2 cm³/mol. The molecule has 0 heterocycles. The molecular formula is C18H19NO4. The summed E-state index contributed by atoms with van der Waals surface area (Å²) in [7, 11) is 0. The molecule has 0 saturated carbocycles. The summed E-state index contributed by atoms with van der Waals surface area (Å²) >= 11 is 0. The van der Waals surface area contributed by atoms with Crippen molar-refractivity contribution >= 4 is 11.9 Å². The molecule has 120 valence electrons. The molecule has 0 atom stereocenters. The molecule has 1 amide bonds. The van der Waals surface area contributed by atoms with Gasteiger partial charge in [-0.2, -0.15) is 0 Å². The largest absolute Gasteiger partial charge is 0.493 e. The second-order valence-electron chi connectivity index (χ2n) is 4.76. The molecule has 5 heteroatoms. The maximum atomic E-state index is 12.1. The number of rotatable bonds is 7. The van der Waals surface area contributed by atoms with Crippen molar-refractivity contribution < 1.29 is 19.1 Å². The molecule has 2 aromatic carbocycles. The summed E-state index contributed by atoms with van der Waals surface area (Å²) in [6.07, 6.45) is 0. The van der Waals surface area contributed by atoms with E-state index in [0.717, 1.165) is 5.56 Å². The molecule has 0 fully saturated rings. The maximum absolute atomic E-state index is 12.1. The Labute approximate surface area is 135 Å². The average Bonchev–Trinajstić information content (AvgIpc) is 2.59. The first-order chi connectivity index (χ1) is 11.2. The first-order valence-corrected chi connectivity index (χ1v) is 7.40. The van der Waals surface area contributed by atoms with Crippen LogP contribution in [-0.4, -0.2) is 25.0 Å². The third-order valence-electron chi connectivity index (χ3n) is 3.07. The molecule has 5 nitrogen and oxygen atoms in total. The fourth-order valence-electron chi connectivity index (χ4n) is 1.97. The number of hydrogen-bond acceptors (Lipinski definition) is 4. The van der Waals surface area contributed by atoms with Gasteiger partial charge in [-0.05, 0) is 24.6 Å². The van der Waals surface area contributed by atoms with Gasteiger partial charge < -0.3 is 14.8 Å².